The van der Waals surface area contributed by atoms with Crippen molar-refractivity contribution in [3.8, 4) is 0 Å². The van der Waals surface area contributed by atoms with Crippen molar-refractivity contribution < 1.29 is 4.79 Å². The molecule has 1 aliphatic carbocycles. The fourth-order valence-corrected chi connectivity index (χ4v) is 3.79. The molecule has 1 aliphatic rings. The summed E-state index contributed by atoms with van der Waals surface area (Å²) in [7, 11) is 0. The van der Waals surface area contributed by atoms with E-state index in [1.54, 1.807) is 0 Å². The summed E-state index contributed by atoms with van der Waals surface area (Å²) in [4.78, 5) is 11.9. The Morgan fingerprint density at radius 1 is 1.44 bits per heavy atom. The Kier molecular flexibility index (Phi) is 5.99. The van der Waals surface area contributed by atoms with Crippen LogP contribution in [0.1, 0.15) is 47.0 Å². The number of carbonyl (C=O) groups excluding carboxylic acids is 1. The molecule has 0 spiro atoms. The third-order valence-electron chi connectivity index (χ3n) is 3.69. The molecule has 0 aromatic carbocycles. The van der Waals surface area contributed by atoms with E-state index in [1.165, 1.54) is 6.42 Å². The van der Waals surface area contributed by atoms with Crippen LogP contribution >= 0.6 is 11.8 Å². The van der Waals surface area contributed by atoms with Crippen LogP contribution in [-0.4, -0.2) is 29.0 Å². The van der Waals surface area contributed by atoms with Crippen LogP contribution in [0, 0.1) is 11.8 Å². The van der Waals surface area contributed by atoms with Gasteiger partial charge in [0.05, 0.1) is 0 Å². The molecule has 4 heteroatoms. The molecule has 2 unspecified atom stereocenters. The van der Waals surface area contributed by atoms with Gasteiger partial charge in [-0.05, 0) is 44.3 Å². The minimum atomic E-state index is -0.480. The van der Waals surface area contributed by atoms with E-state index in [9.17, 15) is 4.79 Å². The van der Waals surface area contributed by atoms with Crippen molar-refractivity contribution in [3.63, 3.8) is 0 Å². The minimum absolute atomic E-state index is 0.171. The Morgan fingerprint density at radius 2 is 2.06 bits per heavy atom. The fourth-order valence-electron chi connectivity index (χ4n) is 2.25. The van der Waals surface area contributed by atoms with E-state index in [4.69, 9.17) is 5.73 Å². The van der Waals surface area contributed by atoms with Gasteiger partial charge in [0.25, 0.3) is 0 Å². The molecule has 1 amide bonds. The lowest BCUT2D eigenvalue weighted by molar-refractivity contribution is -0.124. The molecule has 0 aliphatic heterocycles. The van der Waals surface area contributed by atoms with Gasteiger partial charge < -0.3 is 11.1 Å². The Hall–Kier alpha value is -0.220. The van der Waals surface area contributed by atoms with Gasteiger partial charge in [-0.25, -0.2) is 0 Å². The van der Waals surface area contributed by atoms with Gasteiger partial charge in [-0.3, -0.25) is 4.79 Å². The highest BCUT2D eigenvalue weighted by Crippen LogP contribution is 2.41. The highest BCUT2D eigenvalue weighted by molar-refractivity contribution is 7.99. The topological polar surface area (TPSA) is 55.1 Å². The van der Waals surface area contributed by atoms with Gasteiger partial charge in [-0.15, -0.1) is 0 Å². The van der Waals surface area contributed by atoms with Crippen LogP contribution in [-0.2, 0) is 4.79 Å². The van der Waals surface area contributed by atoms with E-state index < -0.39 is 5.54 Å². The molecule has 0 saturated heterocycles. The summed E-state index contributed by atoms with van der Waals surface area (Å²) in [5, 5.41) is 3.45. The number of nitrogens with two attached hydrogens (primary N) is 1. The molecule has 3 N–H and O–H groups in total. The number of amides is 1. The second kappa shape index (κ2) is 6.80. The Balaban J connectivity index is 2.61. The molecule has 0 heterocycles. The van der Waals surface area contributed by atoms with Crippen LogP contribution in [0.4, 0.5) is 0 Å². The molecule has 0 radical (unpaired) electrons. The van der Waals surface area contributed by atoms with E-state index in [1.807, 2.05) is 11.8 Å². The van der Waals surface area contributed by atoms with Crippen LogP contribution < -0.4 is 11.1 Å². The van der Waals surface area contributed by atoms with Crippen molar-refractivity contribution in [1.82, 2.24) is 5.32 Å². The van der Waals surface area contributed by atoms with Crippen LogP contribution in [0.15, 0.2) is 0 Å². The van der Waals surface area contributed by atoms with Gasteiger partial charge in [0.15, 0.2) is 0 Å². The number of carbonyl (C=O) groups is 1. The number of nitrogens with one attached hydrogen (secondary N) is 1. The van der Waals surface area contributed by atoms with Crippen molar-refractivity contribution in [2.24, 2.45) is 17.6 Å². The van der Waals surface area contributed by atoms with Crippen molar-refractivity contribution in [2.45, 2.75) is 58.5 Å². The monoisotopic (exact) mass is 272 g/mol. The molecule has 1 rings (SSSR count). The quantitative estimate of drug-likeness (QED) is 0.677. The summed E-state index contributed by atoms with van der Waals surface area (Å²) in [5.41, 5.74) is 5.22. The first-order valence-corrected chi connectivity index (χ1v) is 8.23. The van der Waals surface area contributed by atoms with Crippen LogP contribution in [0.2, 0.25) is 0 Å². The first kappa shape index (κ1) is 15.8. The summed E-state index contributed by atoms with van der Waals surface area (Å²) < 4.78 is 0. The number of thioether (sulfide) groups is 1. The molecule has 1 saturated carbocycles. The Bertz CT molecular complexity index is 279. The van der Waals surface area contributed by atoms with Crippen molar-refractivity contribution in [2.75, 3.05) is 11.5 Å². The van der Waals surface area contributed by atoms with E-state index in [0.29, 0.717) is 17.9 Å². The predicted octanol–water partition coefficient (Wildman–Crippen LogP) is 2.40. The van der Waals surface area contributed by atoms with Gasteiger partial charge in [-0.2, -0.15) is 11.8 Å². The number of rotatable bonds is 9. The summed E-state index contributed by atoms with van der Waals surface area (Å²) >= 11 is 1.87. The average molecular weight is 272 g/mol. The molecular formula is C14H28N2OS. The lowest BCUT2D eigenvalue weighted by Gasteiger charge is -2.34. The number of hydrogen-bond acceptors (Lipinski definition) is 3. The lowest BCUT2D eigenvalue weighted by atomic mass is 9.93. The predicted molar refractivity (Wildman–Crippen MR) is 79.7 cm³/mol. The zero-order valence-corrected chi connectivity index (χ0v) is 13.0. The summed E-state index contributed by atoms with van der Waals surface area (Å²) in [5.74, 6) is 2.91. The first-order valence-electron chi connectivity index (χ1n) is 7.07. The van der Waals surface area contributed by atoms with Crippen molar-refractivity contribution in [1.29, 1.82) is 0 Å². The van der Waals surface area contributed by atoms with Crippen LogP contribution in [0.3, 0.4) is 0 Å². The highest BCUT2D eigenvalue weighted by atomic mass is 32.2. The molecule has 0 bridgehead atoms. The summed E-state index contributed by atoms with van der Waals surface area (Å²) in [6.07, 6.45) is 3.46. The molecular weight excluding hydrogens is 244 g/mol. The Labute approximate surface area is 116 Å². The zero-order valence-electron chi connectivity index (χ0n) is 12.2. The van der Waals surface area contributed by atoms with E-state index >= 15 is 0 Å². The van der Waals surface area contributed by atoms with Gasteiger partial charge in [0.1, 0.15) is 5.54 Å². The Morgan fingerprint density at radius 3 is 2.44 bits per heavy atom. The normalized spacial score (nSPS) is 20.7. The second-order valence-corrected chi connectivity index (χ2v) is 6.97. The smallest absolute Gasteiger partial charge is 0.238 e. The second-order valence-electron chi connectivity index (χ2n) is 5.94. The molecule has 18 heavy (non-hydrogen) atoms. The minimum Gasteiger partial charge on any atom is -0.368 e. The van der Waals surface area contributed by atoms with Crippen molar-refractivity contribution >= 4 is 17.7 Å². The maximum absolute atomic E-state index is 11.9. The largest absolute Gasteiger partial charge is 0.368 e. The molecule has 2 atom stereocenters. The summed E-state index contributed by atoms with van der Waals surface area (Å²) in [6, 6.07) is 0.294. The lowest BCUT2D eigenvalue weighted by Crippen LogP contribution is -2.61. The van der Waals surface area contributed by atoms with E-state index in [0.717, 1.165) is 24.3 Å². The van der Waals surface area contributed by atoms with Crippen LogP contribution in [0.5, 0.6) is 0 Å². The van der Waals surface area contributed by atoms with E-state index in [-0.39, 0.29) is 5.91 Å². The van der Waals surface area contributed by atoms with Crippen molar-refractivity contribution in [3.05, 3.63) is 0 Å². The van der Waals surface area contributed by atoms with Gasteiger partial charge in [-0.1, -0.05) is 20.3 Å². The van der Waals surface area contributed by atoms with Gasteiger partial charge >= 0.3 is 0 Å². The average Bonchev–Trinajstić information content (AvgIpc) is 3.10. The first-order chi connectivity index (χ1) is 8.42. The molecule has 3 nitrogen and oxygen atoms in total. The van der Waals surface area contributed by atoms with Crippen LogP contribution in [0.25, 0.3) is 0 Å². The third-order valence-corrected chi connectivity index (χ3v) is 5.15. The fraction of sp³-hybridized carbons (Fsp3) is 0.929. The highest BCUT2D eigenvalue weighted by Gasteiger charge is 2.49. The number of hydrogen-bond donors (Lipinski definition) is 2. The molecule has 1 fully saturated rings. The maximum atomic E-state index is 11.9. The molecule has 0 aromatic rings. The molecule has 106 valence electrons. The summed E-state index contributed by atoms with van der Waals surface area (Å²) in [6.45, 7) is 8.63. The molecule has 0 aromatic heterocycles. The zero-order chi connectivity index (χ0) is 13.8. The van der Waals surface area contributed by atoms with Gasteiger partial charge in [0.2, 0.25) is 5.91 Å². The maximum Gasteiger partial charge on any atom is 0.238 e. The number of primary amides is 1. The third kappa shape index (κ3) is 4.16. The standard InChI is InChI=1S/C14H28N2OS/c1-5-11(4)8-18-9-14(13(15)17,12-6-7-12)16-10(2)3/h10-12,16H,5-9H2,1-4H3,(H2,15,17). The van der Waals surface area contributed by atoms with Gasteiger partial charge in [0, 0.05) is 11.8 Å². The van der Waals surface area contributed by atoms with E-state index in [2.05, 4.69) is 33.0 Å². The SMILES string of the molecule is CCC(C)CSCC(NC(C)C)(C(N)=O)C1CC1.